The van der Waals surface area contributed by atoms with E-state index in [0.717, 1.165) is 16.7 Å². The molecule has 28 heavy (non-hydrogen) atoms. The predicted octanol–water partition coefficient (Wildman–Crippen LogP) is 6.05. The third-order valence-corrected chi connectivity index (χ3v) is 5.00. The highest BCUT2D eigenvalue weighted by Crippen LogP contribution is 2.37. The second kappa shape index (κ2) is 9.78. The summed E-state index contributed by atoms with van der Waals surface area (Å²) in [5, 5.41) is 4.36. The van der Waals surface area contributed by atoms with Gasteiger partial charge >= 0.3 is 0 Å². The summed E-state index contributed by atoms with van der Waals surface area (Å²) in [6.07, 6.45) is 0. The number of hydrogen-bond acceptors (Lipinski definition) is 3. The Morgan fingerprint density at radius 3 is 2.36 bits per heavy atom. The molecule has 0 aliphatic carbocycles. The van der Waals surface area contributed by atoms with Gasteiger partial charge in [0.25, 0.3) is 0 Å². The van der Waals surface area contributed by atoms with Gasteiger partial charge in [0.05, 0.1) is 12.1 Å². The van der Waals surface area contributed by atoms with Crippen LogP contribution >= 0.6 is 35.4 Å². The van der Waals surface area contributed by atoms with E-state index in [1.807, 2.05) is 60.7 Å². The van der Waals surface area contributed by atoms with E-state index in [1.165, 1.54) is 0 Å². The number of benzene rings is 3. The fourth-order valence-electron chi connectivity index (χ4n) is 2.61. The van der Waals surface area contributed by atoms with Gasteiger partial charge in [0.1, 0.15) is 11.6 Å². The Labute approximate surface area is 180 Å². The van der Waals surface area contributed by atoms with Gasteiger partial charge in [0.2, 0.25) is 0 Å². The van der Waals surface area contributed by atoms with E-state index in [2.05, 4.69) is 5.32 Å². The van der Waals surface area contributed by atoms with E-state index in [4.69, 9.17) is 44.9 Å². The molecule has 0 saturated heterocycles. The second-order valence-corrected chi connectivity index (χ2v) is 7.32. The summed E-state index contributed by atoms with van der Waals surface area (Å²) in [5.74, 6) is 1.01. The molecule has 6 heteroatoms. The van der Waals surface area contributed by atoms with E-state index < -0.39 is 0 Å². The minimum Gasteiger partial charge on any atom is -0.493 e. The number of methoxy groups -OCH3 is 1. The summed E-state index contributed by atoms with van der Waals surface area (Å²) in [4.78, 5) is 0.591. The molecule has 3 rings (SSSR count). The van der Waals surface area contributed by atoms with E-state index in [9.17, 15) is 0 Å². The number of ether oxygens (including phenoxy) is 2. The molecule has 0 saturated carbocycles. The van der Waals surface area contributed by atoms with Crippen LogP contribution in [0.3, 0.4) is 0 Å². The Hall–Kier alpha value is -2.27. The molecular weight excluding hydrogens is 413 g/mol. The van der Waals surface area contributed by atoms with Crippen molar-refractivity contribution in [2.45, 2.75) is 13.2 Å². The van der Waals surface area contributed by atoms with Gasteiger partial charge in [-0.2, -0.15) is 0 Å². The van der Waals surface area contributed by atoms with Crippen LogP contribution in [-0.4, -0.2) is 12.1 Å². The SMILES string of the molecule is COc1cc(C(=S)NCc2ccccc2)cc(Cl)c1OCc1ccc(Cl)cc1. The van der Waals surface area contributed by atoms with Gasteiger partial charge < -0.3 is 14.8 Å². The van der Waals surface area contributed by atoms with Crippen molar-refractivity contribution in [1.29, 1.82) is 0 Å². The van der Waals surface area contributed by atoms with Crippen molar-refractivity contribution in [2.75, 3.05) is 7.11 Å². The summed E-state index contributed by atoms with van der Waals surface area (Å²) in [7, 11) is 1.57. The Kier molecular flexibility index (Phi) is 7.15. The van der Waals surface area contributed by atoms with Gasteiger partial charge in [-0.15, -0.1) is 0 Å². The fraction of sp³-hybridized carbons (Fsp3) is 0.136. The molecule has 0 heterocycles. The minimum absolute atomic E-state index is 0.350. The fourth-order valence-corrected chi connectivity index (χ4v) is 3.19. The number of nitrogens with one attached hydrogen (secondary N) is 1. The largest absolute Gasteiger partial charge is 0.493 e. The van der Waals surface area contributed by atoms with Crippen molar-refractivity contribution in [1.82, 2.24) is 5.32 Å². The predicted molar refractivity (Wildman–Crippen MR) is 119 cm³/mol. The molecule has 3 aromatic rings. The van der Waals surface area contributed by atoms with Crippen LogP contribution in [0.15, 0.2) is 66.7 Å². The van der Waals surface area contributed by atoms with Crippen molar-refractivity contribution >= 4 is 40.4 Å². The lowest BCUT2D eigenvalue weighted by Crippen LogP contribution is -2.21. The first kappa shape index (κ1) is 20.5. The molecule has 3 nitrogen and oxygen atoms in total. The van der Waals surface area contributed by atoms with Crippen molar-refractivity contribution in [2.24, 2.45) is 0 Å². The number of thiocarbonyl (C=S) groups is 1. The van der Waals surface area contributed by atoms with Crippen LogP contribution in [0.5, 0.6) is 11.5 Å². The summed E-state index contributed by atoms with van der Waals surface area (Å²) in [6, 6.07) is 21.1. The lowest BCUT2D eigenvalue weighted by Gasteiger charge is -2.15. The Balaban J connectivity index is 1.71. The van der Waals surface area contributed by atoms with Gasteiger partial charge in [-0.3, -0.25) is 0 Å². The van der Waals surface area contributed by atoms with Gasteiger partial charge in [0, 0.05) is 17.1 Å². The van der Waals surface area contributed by atoms with Crippen LogP contribution < -0.4 is 14.8 Å². The zero-order chi connectivity index (χ0) is 19.9. The first-order valence-electron chi connectivity index (χ1n) is 8.63. The number of hydrogen-bond donors (Lipinski definition) is 1. The summed E-state index contributed by atoms with van der Waals surface area (Å²) >= 11 is 17.9. The maximum Gasteiger partial charge on any atom is 0.180 e. The Bertz CT molecular complexity index is 947. The molecular formula is C22H19Cl2NO2S. The summed E-state index contributed by atoms with van der Waals surface area (Å²) in [5.41, 5.74) is 2.89. The molecule has 0 aliphatic rings. The lowest BCUT2D eigenvalue weighted by molar-refractivity contribution is 0.284. The Morgan fingerprint density at radius 2 is 1.68 bits per heavy atom. The minimum atomic E-state index is 0.350. The molecule has 0 spiro atoms. The van der Waals surface area contributed by atoms with E-state index in [1.54, 1.807) is 13.2 Å². The van der Waals surface area contributed by atoms with E-state index in [-0.39, 0.29) is 0 Å². The number of rotatable bonds is 7. The maximum atomic E-state index is 6.45. The van der Waals surface area contributed by atoms with Crippen LogP contribution in [0.2, 0.25) is 10.0 Å². The maximum absolute atomic E-state index is 6.45. The van der Waals surface area contributed by atoms with Gasteiger partial charge in [-0.05, 0) is 35.4 Å². The van der Waals surface area contributed by atoms with Crippen molar-refractivity contribution in [3.63, 3.8) is 0 Å². The molecule has 3 aromatic carbocycles. The van der Waals surface area contributed by atoms with Crippen LogP contribution in [-0.2, 0) is 13.2 Å². The molecule has 0 amide bonds. The molecule has 0 aromatic heterocycles. The standard InChI is InChI=1S/C22H19Cl2NO2S/c1-26-20-12-17(22(28)25-13-15-5-3-2-4-6-15)11-19(24)21(20)27-14-16-7-9-18(23)10-8-16/h2-12H,13-14H2,1H3,(H,25,28). The van der Waals surface area contributed by atoms with Crippen LogP contribution in [0, 0.1) is 0 Å². The second-order valence-electron chi connectivity index (χ2n) is 6.07. The van der Waals surface area contributed by atoms with Gasteiger partial charge in [-0.1, -0.05) is 77.9 Å². The smallest absolute Gasteiger partial charge is 0.180 e. The first-order chi connectivity index (χ1) is 13.6. The van der Waals surface area contributed by atoms with Crippen LogP contribution in [0.1, 0.15) is 16.7 Å². The average Bonchev–Trinajstić information content (AvgIpc) is 2.72. The Morgan fingerprint density at radius 1 is 0.964 bits per heavy atom. The molecule has 0 unspecified atom stereocenters. The zero-order valence-corrected chi connectivity index (χ0v) is 17.6. The summed E-state index contributed by atoms with van der Waals surface area (Å²) < 4.78 is 11.4. The third-order valence-electron chi connectivity index (χ3n) is 4.08. The molecule has 0 aliphatic heterocycles. The highest BCUT2D eigenvalue weighted by atomic mass is 35.5. The monoisotopic (exact) mass is 431 g/mol. The van der Waals surface area contributed by atoms with Crippen LogP contribution in [0.4, 0.5) is 0 Å². The third kappa shape index (κ3) is 5.38. The normalized spacial score (nSPS) is 10.4. The highest BCUT2D eigenvalue weighted by molar-refractivity contribution is 7.80. The first-order valence-corrected chi connectivity index (χ1v) is 9.80. The molecule has 144 valence electrons. The lowest BCUT2D eigenvalue weighted by atomic mass is 10.1. The van der Waals surface area contributed by atoms with Gasteiger partial charge in [0.15, 0.2) is 11.5 Å². The van der Waals surface area contributed by atoms with Crippen molar-refractivity contribution in [3.05, 3.63) is 93.5 Å². The number of halogens is 2. The van der Waals surface area contributed by atoms with E-state index >= 15 is 0 Å². The molecule has 0 bridgehead atoms. The zero-order valence-electron chi connectivity index (χ0n) is 15.2. The molecule has 0 radical (unpaired) electrons. The van der Waals surface area contributed by atoms with E-state index in [0.29, 0.717) is 39.7 Å². The highest BCUT2D eigenvalue weighted by Gasteiger charge is 2.14. The van der Waals surface area contributed by atoms with Crippen molar-refractivity contribution < 1.29 is 9.47 Å². The van der Waals surface area contributed by atoms with Crippen molar-refractivity contribution in [3.8, 4) is 11.5 Å². The molecule has 0 fully saturated rings. The average molecular weight is 432 g/mol. The van der Waals surface area contributed by atoms with Gasteiger partial charge in [-0.25, -0.2) is 0 Å². The summed E-state index contributed by atoms with van der Waals surface area (Å²) in [6.45, 7) is 0.984. The topological polar surface area (TPSA) is 30.5 Å². The van der Waals surface area contributed by atoms with Crippen LogP contribution in [0.25, 0.3) is 0 Å². The molecule has 1 N–H and O–H groups in total. The molecule has 0 atom stereocenters. The quantitative estimate of drug-likeness (QED) is 0.461.